The van der Waals surface area contributed by atoms with Crippen LogP contribution in [0.5, 0.6) is 0 Å². The van der Waals surface area contributed by atoms with Gasteiger partial charge in [0.2, 0.25) is 5.91 Å². The summed E-state index contributed by atoms with van der Waals surface area (Å²) in [6.45, 7) is 0.403. The van der Waals surface area contributed by atoms with Crippen molar-refractivity contribution in [2.75, 3.05) is 20.0 Å². The molecule has 2 heterocycles. The molecule has 3 rings (SSSR count). The van der Waals surface area contributed by atoms with E-state index in [1.807, 2.05) is 4.90 Å². The lowest BCUT2D eigenvalue weighted by Crippen LogP contribution is -2.54. The van der Waals surface area contributed by atoms with Gasteiger partial charge in [-0.1, -0.05) is 24.3 Å². The summed E-state index contributed by atoms with van der Waals surface area (Å²) in [5, 5.41) is 3.31. The van der Waals surface area contributed by atoms with Gasteiger partial charge >= 0.3 is 0 Å². The highest BCUT2D eigenvalue weighted by molar-refractivity contribution is 7.16. The van der Waals surface area contributed by atoms with E-state index in [-0.39, 0.29) is 24.0 Å². The van der Waals surface area contributed by atoms with Gasteiger partial charge in [-0.25, -0.2) is 9.78 Å². The lowest BCUT2D eigenvalue weighted by molar-refractivity contribution is -0.281. The van der Waals surface area contributed by atoms with Crippen LogP contribution in [0, 0.1) is 0 Å². The molecular formula is C17H25N2O3P. The normalized spacial score (nSPS) is 27.3. The third kappa shape index (κ3) is 3.43. The Morgan fingerprint density at radius 3 is 2.96 bits per heavy atom. The van der Waals surface area contributed by atoms with Crippen molar-refractivity contribution in [3.63, 3.8) is 0 Å². The second-order valence-electron chi connectivity index (χ2n) is 6.16. The fourth-order valence-electron chi connectivity index (χ4n) is 3.87. The van der Waals surface area contributed by atoms with E-state index < -0.39 is 0 Å². The molecule has 0 spiro atoms. The van der Waals surface area contributed by atoms with Crippen LogP contribution in [0.3, 0.4) is 0 Å². The van der Waals surface area contributed by atoms with Gasteiger partial charge < -0.3 is 10.2 Å². The van der Waals surface area contributed by atoms with E-state index in [0.717, 1.165) is 32.0 Å². The largest absolute Gasteiger partial charge is 0.329 e. The van der Waals surface area contributed by atoms with Crippen LogP contribution < -0.4 is 5.32 Å². The summed E-state index contributed by atoms with van der Waals surface area (Å²) in [5.41, 5.74) is 2.62. The lowest BCUT2D eigenvalue weighted by Gasteiger charge is -2.43. The van der Waals surface area contributed by atoms with Crippen LogP contribution in [0.4, 0.5) is 0 Å². The fourth-order valence-corrected chi connectivity index (χ4v) is 4.15. The average molecular weight is 336 g/mol. The predicted octanol–water partition coefficient (Wildman–Crippen LogP) is 2.03. The molecule has 2 aliphatic rings. The molecule has 0 radical (unpaired) electrons. The van der Waals surface area contributed by atoms with Crippen molar-refractivity contribution < 1.29 is 14.6 Å². The summed E-state index contributed by atoms with van der Waals surface area (Å²) in [6.07, 6.45) is 4.48. The molecule has 1 fully saturated rings. The van der Waals surface area contributed by atoms with Crippen molar-refractivity contribution in [2.24, 2.45) is 0 Å². The summed E-state index contributed by atoms with van der Waals surface area (Å²) in [4.78, 5) is 25.2. The monoisotopic (exact) mass is 336 g/mol. The second-order valence-corrected chi connectivity index (χ2v) is 6.57. The van der Waals surface area contributed by atoms with E-state index in [1.54, 1.807) is 0 Å². The van der Waals surface area contributed by atoms with E-state index in [2.05, 4.69) is 38.8 Å². The van der Waals surface area contributed by atoms with E-state index in [4.69, 9.17) is 9.78 Å². The van der Waals surface area contributed by atoms with Crippen LogP contribution in [0.25, 0.3) is 0 Å². The van der Waals surface area contributed by atoms with Gasteiger partial charge in [-0.2, -0.15) is 0 Å². The number of nitrogens with zero attached hydrogens (tertiary/aromatic N) is 1. The minimum absolute atomic E-state index is 0.0225. The van der Waals surface area contributed by atoms with Gasteiger partial charge in [-0.3, -0.25) is 4.79 Å². The summed E-state index contributed by atoms with van der Waals surface area (Å²) in [5.74, 6) is 0.189. The first-order valence-electron chi connectivity index (χ1n) is 8.25. The summed E-state index contributed by atoms with van der Waals surface area (Å²) in [7, 11) is 4.15. The summed E-state index contributed by atoms with van der Waals surface area (Å²) in [6, 6.07) is 8.53. The Morgan fingerprint density at radius 1 is 1.35 bits per heavy atom. The molecule has 1 aromatic rings. The van der Waals surface area contributed by atoms with Crippen molar-refractivity contribution in [1.29, 1.82) is 0 Å². The highest BCUT2D eigenvalue weighted by Crippen LogP contribution is 2.39. The first-order valence-corrected chi connectivity index (χ1v) is 9.07. The van der Waals surface area contributed by atoms with Gasteiger partial charge in [0.1, 0.15) is 6.61 Å². The number of carbonyl (C=O) groups is 1. The first-order chi connectivity index (χ1) is 11.3. The van der Waals surface area contributed by atoms with Crippen LogP contribution in [0.2, 0.25) is 0 Å². The highest BCUT2D eigenvalue weighted by Gasteiger charge is 2.41. The van der Waals surface area contributed by atoms with Crippen molar-refractivity contribution in [3.8, 4) is 0 Å². The molecule has 0 saturated carbocycles. The van der Waals surface area contributed by atoms with E-state index in [0.29, 0.717) is 6.61 Å². The molecule has 1 N–H and O–H groups in total. The molecule has 1 amide bonds. The molecule has 23 heavy (non-hydrogen) atoms. The number of amides is 1. The number of rotatable bonds is 5. The van der Waals surface area contributed by atoms with Crippen LogP contribution in [-0.4, -0.2) is 42.9 Å². The predicted molar refractivity (Wildman–Crippen MR) is 91.8 cm³/mol. The maximum atomic E-state index is 13.1. The molecule has 2 aliphatic heterocycles. The zero-order chi connectivity index (χ0) is 16.2. The van der Waals surface area contributed by atoms with Crippen molar-refractivity contribution in [3.05, 3.63) is 35.4 Å². The second kappa shape index (κ2) is 7.71. The maximum Gasteiger partial charge on any atom is 0.240 e. The third-order valence-corrected chi connectivity index (χ3v) is 5.10. The van der Waals surface area contributed by atoms with Gasteiger partial charge in [-0.05, 0) is 36.8 Å². The Morgan fingerprint density at radius 2 is 2.17 bits per heavy atom. The zero-order valence-electron chi connectivity index (χ0n) is 13.5. The summed E-state index contributed by atoms with van der Waals surface area (Å²) >= 11 is 0. The van der Waals surface area contributed by atoms with Crippen molar-refractivity contribution >= 4 is 15.1 Å². The van der Waals surface area contributed by atoms with Crippen LogP contribution >= 0.6 is 9.24 Å². The Kier molecular flexibility index (Phi) is 5.65. The molecule has 126 valence electrons. The Balaban J connectivity index is 1.94. The zero-order valence-corrected chi connectivity index (χ0v) is 14.7. The van der Waals surface area contributed by atoms with E-state index in [1.165, 1.54) is 18.2 Å². The van der Waals surface area contributed by atoms with Gasteiger partial charge in [0, 0.05) is 6.29 Å². The molecule has 0 bridgehead atoms. The molecule has 4 atom stereocenters. The minimum atomic E-state index is -0.104. The Hall–Kier alpha value is -1.00. The average Bonchev–Trinajstić information content (AvgIpc) is 2.73. The van der Waals surface area contributed by atoms with Crippen molar-refractivity contribution in [2.45, 2.75) is 43.8 Å². The SMILES string of the molecule is COOCC1Cc2ccccc2C2CCCC(NCP)C(=O)N12. The number of hydrogen-bond acceptors (Lipinski definition) is 4. The molecule has 1 aromatic carbocycles. The van der Waals surface area contributed by atoms with Gasteiger partial charge in [-0.15, -0.1) is 9.24 Å². The number of fused-ring (bicyclic) bond motifs is 3. The Labute approximate surface area is 139 Å². The van der Waals surface area contributed by atoms with Crippen LogP contribution in [0.1, 0.15) is 36.4 Å². The first kappa shape index (κ1) is 16.8. The third-order valence-electron chi connectivity index (χ3n) is 4.86. The van der Waals surface area contributed by atoms with E-state index >= 15 is 0 Å². The van der Waals surface area contributed by atoms with E-state index in [9.17, 15) is 4.79 Å². The molecular weight excluding hydrogens is 311 g/mol. The Bertz CT molecular complexity index is 554. The number of benzene rings is 1. The van der Waals surface area contributed by atoms with Crippen molar-refractivity contribution in [1.82, 2.24) is 10.2 Å². The fraction of sp³-hybridized carbons (Fsp3) is 0.588. The van der Waals surface area contributed by atoms with Crippen LogP contribution in [0.15, 0.2) is 24.3 Å². The molecule has 1 saturated heterocycles. The molecule has 4 unspecified atom stereocenters. The maximum absolute atomic E-state index is 13.1. The number of carbonyl (C=O) groups excluding carboxylic acids is 1. The topological polar surface area (TPSA) is 50.8 Å². The number of hydrogen-bond donors (Lipinski definition) is 1. The molecule has 5 nitrogen and oxygen atoms in total. The standard InChI is InChI=1S/C17H25N2O3P/c1-21-22-10-13-9-12-5-2-3-6-14(12)16-8-4-7-15(18-11-23)17(20)19(13)16/h2-3,5-6,13,15-16,18H,4,7-11,23H2,1H3. The molecule has 0 aromatic heterocycles. The lowest BCUT2D eigenvalue weighted by atomic mass is 9.87. The van der Waals surface area contributed by atoms with Gasteiger partial charge in [0.15, 0.2) is 0 Å². The number of nitrogens with one attached hydrogen (secondary N) is 1. The molecule has 0 aliphatic carbocycles. The summed E-state index contributed by atoms with van der Waals surface area (Å²) < 4.78 is 0. The smallest absolute Gasteiger partial charge is 0.240 e. The highest BCUT2D eigenvalue weighted by atomic mass is 31.0. The van der Waals surface area contributed by atoms with Gasteiger partial charge in [0.05, 0.1) is 25.2 Å². The quantitative estimate of drug-likeness (QED) is 0.508. The van der Waals surface area contributed by atoms with Gasteiger partial charge in [0.25, 0.3) is 0 Å². The molecule has 6 heteroatoms. The van der Waals surface area contributed by atoms with Crippen LogP contribution in [-0.2, 0) is 21.0 Å². The minimum Gasteiger partial charge on any atom is -0.329 e.